The second kappa shape index (κ2) is 7.91. The van der Waals surface area contributed by atoms with Crippen LogP contribution < -0.4 is 10.6 Å². The maximum absolute atomic E-state index is 13.1. The standard InChI is InChI=1S/C24H26N4O3/c1-16-7-6-8-17(11-16)13-25-21(29)14-26-23(31)24(2)15-28-19-10-5-4-9-18(19)12-20(28)22(30)27(24)3/h4-12H,13-15H2,1-3H3,(H,25,29)(H,26,31)/t24-/m0/s1. The number of rotatable bonds is 5. The summed E-state index contributed by atoms with van der Waals surface area (Å²) in [5.41, 5.74) is 2.48. The van der Waals surface area contributed by atoms with E-state index in [2.05, 4.69) is 10.6 Å². The van der Waals surface area contributed by atoms with Crippen molar-refractivity contribution in [3.63, 3.8) is 0 Å². The number of para-hydroxylation sites is 1. The molecule has 0 radical (unpaired) electrons. The van der Waals surface area contributed by atoms with Crippen molar-refractivity contribution in [2.45, 2.75) is 32.5 Å². The maximum Gasteiger partial charge on any atom is 0.271 e. The monoisotopic (exact) mass is 418 g/mol. The zero-order valence-electron chi connectivity index (χ0n) is 17.9. The molecule has 31 heavy (non-hydrogen) atoms. The Kier molecular flexibility index (Phi) is 5.27. The van der Waals surface area contributed by atoms with Gasteiger partial charge in [-0.15, -0.1) is 0 Å². The lowest BCUT2D eigenvalue weighted by Gasteiger charge is -2.41. The second-order valence-electron chi connectivity index (χ2n) is 8.26. The SMILES string of the molecule is Cc1cccc(CNC(=O)CNC(=O)[C@]2(C)Cn3c(cc4ccccc43)C(=O)N2C)c1. The van der Waals surface area contributed by atoms with Crippen molar-refractivity contribution < 1.29 is 14.4 Å². The van der Waals surface area contributed by atoms with Gasteiger partial charge < -0.3 is 20.1 Å². The molecule has 4 rings (SSSR count). The summed E-state index contributed by atoms with van der Waals surface area (Å²) in [4.78, 5) is 39.8. The van der Waals surface area contributed by atoms with Crippen molar-refractivity contribution in [3.05, 3.63) is 71.4 Å². The first-order valence-corrected chi connectivity index (χ1v) is 10.3. The van der Waals surface area contributed by atoms with Crippen LogP contribution in [0.15, 0.2) is 54.6 Å². The molecule has 7 heteroatoms. The molecule has 0 spiro atoms. The number of aryl methyl sites for hydroxylation is 1. The molecule has 1 aliphatic heterocycles. The van der Waals surface area contributed by atoms with Crippen LogP contribution in [0.5, 0.6) is 0 Å². The van der Waals surface area contributed by atoms with Crippen LogP contribution in [0.25, 0.3) is 10.9 Å². The Morgan fingerprint density at radius 2 is 1.84 bits per heavy atom. The number of nitrogens with zero attached hydrogens (tertiary/aromatic N) is 2. The number of hydrogen-bond donors (Lipinski definition) is 2. The van der Waals surface area contributed by atoms with Gasteiger partial charge in [0.2, 0.25) is 11.8 Å². The number of hydrogen-bond acceptors (Lipinski definition) is 3. The van der Waals surface area contributed by atoms with Crippen LogP contribution in [-0.2, 0) is 22.7 Å². The van der Waals surface area contributed by atoms with Gasteiger partial charge in [-0.25, -0.2) is 0 Å². The Morgan fingerprint density at radius 1 is 1.06 bits per heavy atom. The predicted molar refractivity (Wildman–Crippen MR) is 118 cm³/mol. The third-order valence-corrected chi connectivity index (χ3v) is 6.01. The van der Waals surface area contributed by atoms with Gasteiger partial charge in [0.05, 0.1) is 13.1 Å². The molecule has 0 bridgehead atoms. The molecule has 0 unspecified atom stereocenters. The van der Waals surface area contributed by atoms with Crippen molar-refractivity contribution in [1.29, 1.82) is 0 Å². The van der Waals surface area contributed by atoms with E-state index < -0.39 is 5.54 Å². The Morgan fingerprint density at radius 3 is 2.61 bits per heavy atom. The zero-order valence-corrected chi connectivity index (χ0v) is 17.9. The molecule has 2 N–H and O–H groups in total. The molecule has 3 amide bonds. The molecule has 0 fully saturated rings. The lowest BCUT2D eigenvalue weighted by atomic mass is 9.95. The minimum atomic E-state index is -1.11. The number of nitrogens with one attached hydrogen (secondary N) is 2. The highest BCUT2D eigenvalue weighted by Gasteiger charge is 2.45. The van der Waals surface area contributed by atoms with E-state index in [-0.39, 0.29) is 24.3 Å². The number of benzene rings is 2. The Bertz CT molecular complexity index is 1180. The number of amides is 3. The Labute approximate surface area is 181 Å². The number of carbonyl (C=O) groups excluding carboxylic acids is 3. The van der Waals surface area contributed by atoms with Crippen LogP contribution in [0.2, 0.25) is 0 Å². The average molecular weight is 418 g/mol. The highest BCUT2D eigenvalue weighted by Crippen LogP contribution is 2.31. The molecule has 7 nitrogen and oxygen atoms in total. The van der Waals surface area contributed by atoms with Crippen LogP contribution in [0.1, 0.15) is 28.5 Å². The minimum absolute atomic E-state index is 0.151. The van der Waals surface area contributed by atoms with Crippen molar-refractivity contribution in [3.8, 4) is 0 Å². The number of carbonyl (C=O) groups is 3. The topological polar surface area (TPSA) is 83.4 Å². The van der Waals surface area contributed by atoms with Crippen molar-refractivity contribution in [1.82, 2.24) is 20.1 Å². The molecule has 0 saturated heterocycles. The first-order chi connectivity index (χ1) is 14.8. The van der Waals surface area contributed by atoms with E-state index in [0.717, 1.165) is 22.0 Å². The van der Waals surface area contributed by atoms with Gasteiger partial charge in [0.25, 0.3) is 5.91 Å². The summed E-state index contributed by atoms with van der Waals surface area (Å²) in [6.07, 6.45) is 0. The molecule has 1 aromatic heterocycles. The lowest BCUT2D eigenvalue weighted by Crippen LogP contribution is -2.63. The van der Waals surface area contributed by atoms with E-state index in [1.54, 1.807) is 14.0 Å². The molecular formula is C24H26N4O3. The lowest BCUT2D eigenvalue weighted by molar-refractivity contribution is -0.134. The minimum Gasteiger partial charge on any atom is -0.350 e. The maximum atomic E-state index is 13.1. The molecule has 3 aromatic rings. The summed E-state index contributed by atoms with van der Waals surface area (Å²) in [6.45, 7) is 4.28. The molecular weight excluding hydrogens is 392 g/mol. The summed E-state index contributed by atoms with van der Waals surface area (Å²) >= 11 is 0. The highest BCUT2D eigenvalue weighted by atomic mass is 16.2. The van der Waals surface area contributed by atoms with Crippen molar-refractivity contribution in [2.75, 3.05) is 13.6 Å². The van der Waals surface area contributed by atoms with E-state index in [1.165, 1.54) is 4.90 Å². The first-order valence-electron chi connectivity index (χ1n) is 10.3. The second-order valence-corrected chi connectivity index (χ2v) is 8.26. The van der Waals surface area contributed by atoms with Crippen molar-refractivity contribution >= 4 is 28.6 Å². The van der Waals surface area contributed by atoms with Gasteiger partial charge in [-0.2, -0.15) is 0 Å². The van der Waals surface area contributed by atoms with Crippen molar-refractivity contribution in [2.24, 2.45) is 0 Å². The average Bonchev–Trinajstić information content (AvgIpc) is 3.13. The molecule has 2 aromatic carbocycles. The summed E-state index contributed by atoms with van der Waals surface area (Å²) in [5.74, 6) is -0.864. The quantitative estimate of drug-likeness (QED) is 0.667. The number of likely N-dealkylation sites (N-methyl/N-ethyl adjacent to an activating group) is 1. The molecule has 0 aliphatic carbocycles. The van der Waals surface area contributed by atoms with Crippen LogP contribution in [-0.4, -0.2) is 46.3 Å². The van der Waals surface area contributed by atoms with E-state index in [9.17, 15) is 14.4 Å². The molecule has 0 saturated carbocycles. The van der Waals surface area contributed by atoms with Crippen LogP contribution in [0.3, 0.4) is 0 Å². The summed E-state index contributed by atoms with van der Waals surface area (Å²) in [5, 5.41) is 6.48. The van der Waals surface area contributed by atoms with Crippen LogP contribution in [0, 0.1) is 6.92 Å². The largest absolute Gasteiger partial charge is 0.350 e. The van der Waals surface area contributed by atoms with Crippen LogP contribution in [0.4, 0.5) is 0 Å². The van der Waals surface area contributed by atoms with Gasteiger partial charge in [0.1, 0.15) is 11.2 Å². The van der Waals surface area contributed by atoms with Gasteiger partial charge >= 0.3 is 0 Å². The third-order valence-electron chi connectivity index (χ3n) is 6.01. The summed E-state index contributed by atoms with van der Waals surface area (Å²) in [7, 11) is 1.63. The number of aromatic nitrogens is 1. The third kappa shape index (κ3) is 3.79. The summed E-state index contributed by atoms with van der Waals surface area (Å²) < 4.78 is 1.88. The Hall–Kier alpha value is -3.61. The molecule has 1 aliphatic rings. The van der Waals surface area contributed by atoms with E-state index in [1.807, 2.05) is 66.1 Å². The highest BCUT2D eigenvalue weighted by molar-refractivity contribution is 6.03. The Balaban J connectivity index is 1.44. The van der Waals surface area contributed by atoms with Gasteiger partial charge in [0, 0.05) is 24.5 Å². The van der Waals surface area contributed by atoms with E-state index in [0.29, 0.717) is 18.8 Å². The molecule has 2 heterocycles. The fraction of sp³-hybridized carbons (Fsp3) is 0.292. The molecule has 160 valence electrons. The normalized spacial score (nSPS) is 18.0. The summed E-state index contributed by atoms with van der Waals surface area (Å²) in [6, 6.07) is 17.4. The van der Waals surface area contributed by atoms with Gasteiger partial charge in [-0.05, 0) is 31.5 Å². The van der Waals surface area contributed by atoms with E-state index in [4.69, 9.17) is 0 Å². The fourth-order valence-corrected chi connectivity index (χ4v) is 4.03. The van der Waals surface area contributed by atoms with Gasteiger partial charge in [0.15, 0.2) is 0 Å². The van der Waals surface area contributed by atoms with Gasteiger partial charge in [-0.1, -0.05) is 48.0 Å². The predicted octanol–water partition coefficient (Wildman–Crippen LogP) is 2.23. The zero-order chi connectivity index (χ0) is 22.2. The fourth-order valence-electron chi connectivity index (χ4n) is 4.03. The van der Waals surface area contributed by atoms with E-state index >= 15 is 0 Å². The smallest absolute Gasteiger partial charge is 0.271 e. The first kappa shape index (κ1) is 20.7. The number of fused-ring (bicyclic) bond motifs is 3. The van der Waals surface area contributed by atoms with Gasteiger partial charge in [-0.3, -0.25) is 14.4 Å². The molecule has 1 atom stereocenters. The van der Waals surface area contributed by atoms with Crippen LogP contribution >= 0.6 is 0 Å².